The Morgan fingerprint density at radius 2 is 0.725 bits per heavy atom. The van der Waals surface area contributed by atoms with E-state index < -0.39 is 0 Å². The highest BCUT2D eigenvalue weighted by Gasteiger charge is 2.14. The third-order valence-corrected chi connectivity index (χ3v) is 7.07. The maximum Gasteiger partial charge on any atom is 0.245 e. The average Bonchev–Trinajstić information content (AvgIpc) is 2.94. The zero-order valence-corrected chi connectivity index (χ0v) is 26.2. The summed E-state index contributed by atoms with van der Waals surface area (Å²) in [6.45, 7) is 14.2. The molecule has 0 aromatic rings. The lowest BCUT2D eigenvalue weighted by Gasteiger charge is -2.24. The first-order chi connectivity index (χ1) is 18.8. The van der Waals surface area contributed by atoms with Gasteiger partial charge in [-0.1, -0.05) is 13.2 Å². The van der Waals surface area contributed by atoms with Crippen molar-refractivity contribution in [2.45, 2.75) is 25.7 Å². The fourth-order valence-electron chi connectivity index (χ4n) is 3.89. The molecule has 0 N–H and O–H groups in total. The number of nitrogens with zero attached hydrogens (tertiary/aromatic N) is 7. The van der Waals surface area contributed by atoms with E-state index in [4.69, 9.17) is 0 Å². The minimum atomic E-state index is -0.145. The van der Waals surface area contributed by atoms with E-state index in [1.165, 1.54) is 12.2 Å². The molecule has 0 aliphatic heterocycles. The fraction of sp³-hybridized carbons (Fsp3) is 0.724. The van der Waals surface area contributed by atoms with E-state index in [1.54, 1.807) is 47.8 Å². The molecular formula is C29H55N7O4. The van der Waals surface area contributed by atoms with Gasteiger partial charge in [-0.2, -0.15) is 0 Å². The normalized spacial score (nSPS) is 11.1. The smallest absolute Gasteiger partial charge is 0.245 e. The second kappa shape index (κ2) is 21.0. The Balaban J connectivity index is 3.99. The number of hydrogen-bond donors (Lipinski definition) is 0. The summed E-state index contributed by atoms with van der Waals surface area (Å²) in [6.07, 6.45) is 5.51. The molecule has 0 heterocycles. The van der Waals surface area contributed by atoms with Crippen LogP contribution in [0.4, 0.5) is 0 Å². The van der Waals surface area contributed by atoms with Crippen molar-refractivity contribution < 1.29 is 19.2 Å². The van der Waals surface area contributed by atoms with E-state index in [9.17, 15) is 19.2 Å². The fourth-order valence-corrected chi connectivity index (χ4v) is 3.89. The van der Waals surface area contributed by atoms with E-state index in [0.717, 1.165) is 39.0 Å². The predicted molar refractivity (Wildman–Crippen MR) is 162 cm³/mol. The lowest BCUT2D eigenvalue weighted by Crippen LogP contribution is -2.38. The second-order valence-corrected chi connectivity index (χ2v) is 10.7. The number of likely N-dealkylation sites (N-methyl/N-ethyl adjacent to an activating group) is 4. The lowest BCUT2D eigenvalue weighted by atomic mass is 10.3. The van der Waals surface area contributed by atoms with Crippen LogP contribution < -0.4 is 0 Å². The van der Waals surface area contributed by atoms with Crippen LogP contribution in [0.1, 0.15) is 25.7 Å². The highest BCUT2D eigenvalue weighted by Crippen LogP contribution is 2.00. The number of carbonyl (C=O) groups excluding carboxylic acids is 4. The van der Waals surface area contributed by atoms with Crippen molar-refractivity contribution in [3.8, 4) is 0 Å². The summed E-state index contributed by atoms with van der Waals surface area (Å²) in [7, 11) is 13.1. The van der Waals surface area contributed by atoms with Gasteiger partial charge in [0.1, 0.15) is 0 Å². The highest BCUT2D eigenvalue weighted by atomic mass is 16.2. The van der Waals surface area contributed by atoms with Gasteiger partial charge in [-0.05, 0) is 72.3 Å². The Kier molecular flexibility index (Phi) is 19.6. The molecule has 40 heavy (non-hydrogen) atoms. The van der Waals surface area contributed by atoms with Gasteiger partial charge < -0.3 is 34.3 Å². The van der Waals surface area contributed by atoms with Crippen LogP contribution in [0.25, 0.3) is 0 Å². The molecule has 0 atom stereocenters. The molecule has 0 radical (unpaired) electrons. The first-order valence-corrected chi connectivity index (χ1v) is 14.1. The van der Waals surface area contributed by atoms with Crippen LogP contribution in [0.3, 0.4) is 0 Å². The number of hydrogen-bond acceptors (Lipinski definition) is 7. The maximum absolute atomic E-state index is 12.4. The minimum absolute atomic E-state index is 0.0773. The van der Waals surface area contributed by atoms with Crippen LogP contribution in [-0.4, -0.2) is 173 Å². The molecule has 0 unspecified atom stereocenters. The SMILES string of the molecule is C=CC(=O)N(C)CCN(C)C(=O)CCN(C)CCCN(C)CCCN(C)CCC(=O)N(C)CCN(C)C(=O)C=C. The summed E-state index contributed by atoms with van der Waals surface area (Å²) in [5.41, 5.74) is 0. The number of carbonyl (C=O) groups is 4. The molecule has 0 aliphatic rings. The molecule has 0 aromatic carbocycles. The van der Waals surface area contributed by atoms with E-state index in [-0.39, 0.29) is 23.6 Å². The van der Waals surface area contributed by atoms with Crippen molar-refractivity contribution >= 4 is 23.6 Å². The van der Waals surface area contributed by atoms with Crippen molar-refractivity contribution in [3.63, 3.8) is 0 Å². The molecule has 11 heteroatoms. The molecule has 0 rings (SSSR count). The maximum atomic E-state index is 12.4. The summed E-state index contributed by atoms with van der Waals surface area (Å²) in [4.78, 5) is 61.0. The Morgan fingerprint density at radius 3 is 1.02 bits per heavy atom. The Labute approximate surface area is 243 Å². The van der Waals surface area contributed by atoms with Gasteiger partial charge in [0.25, 0.3) is 0 Å². The van der Waals surface area contributed by atoms with Crippen LogP contribution >= 0.6 is 0 Å². The molecule has 4 amide bonds. The molecule has 0 saturated carbocycles. The lowest BCUT2D eigenvalue weighted by molar-refractivity contribution is -0.132. The van der Waals surface area contributed by atoms with Gasteiger partial charge in [0.2, 0.25) is 23.6 Å². The van der Waals surface area contributed by atoms with E-state index in [1.807, 2.05) is 14.1 Å². The first kappa shape index (κ1) is 37.2. The standard InChI is InChI=1S/C29H55N7O4/c1-10-26(37)33(6)22-24-35(8)28(39)14-20-31(4)18-12-16-30(3)17-13-19-32(5)21-15-29(40)36(9)25-23-34(7)27(38)11-2/h10-11H,1-2,12-25H2,3-9H3. The summed E-state index contributed by atoms with van der Waals surface area (Å²) >= 11 is 0. The zero-order valence-electron chi connectivity index (χ0n) is 26.2. The zero-order chi connectivity index (χ0) is 30.7. The average molecular weight is 566 g/mol. The van der Waals surface area contributed by atoms with Gasteiger partial charge in [0.05, 0.1) is 0 Å². The van der Waals surface area contributed by atoms with Gasteiger partial charge in [-0.3, -0.25) is 19.2 Å². The molecule has 0 aromatic heterocycles. The third kappa shape index (κ3) is 17.0. The molecule has 0 bridgehead atoms. The van der Waals surface area contributed by atoms with Crippen LogP contribution in [-0.2, 0) is 19.2 Å². The van der Waals surface area contributed by atoms with Crippen LogP contribution in [0.5, 0.6) is 0 Å². The summed E-state index contributed by atoms with van der Waals surface area (Å²) in [5, 5.41) is 0. The van der Waals surface area contributed by atoms with Gasteiger partial charge >= 0.3 is 0 Å². The van der Waals surface area contributed by atoms with Gasteiger partial charge in [0, 0.05) is 80.3 Å². The summed E-state index contributed by atoms with van der Waals surface area (Å²) in [6, 6.07) is 0. The van der Waals surface area contributed by atoms with Crippen molar-refractivity contribution in [2.75, 3.05) is 115 Å². The second-order valence-electron chi connectivity index (χ2n) is 10.7. The van der Waals surface area contributed by atoms with Crippen LogP contribution in [0.15, 0.2) is 25.3 Å². The molecule has 0 saturated heterocycles. The topological polar surface area (TPSA) is 91.0 Å². The van der Waals surface area contributed by atoms with Gasteiger partial charge in [-0.15, -0.1) is 0 Å². The quantitative estimate of drug-likeness (QED) is 0.177. The predicted octanol–water partition coefficient (Wildman–Crippen LogP) is 0.548. The summed E-state index contributed by atoms with van der Waals surface area (Å²) in [5.74, 6) is -0.136. The number of amides is 4. The van der Waals surface area contributed by atoms with E-state index >= 15 is 0 Å². The number of rotatable bonds is 22. The van der Waals surface area contributed by atoms with Crippen molar-refractivity contribution in [3.05, 3.63) is 25.3 Å². The summed E-state index contributed by atoms with van der Waals surface area (Å²) < 4.78 is 0. The molecule has 230 valence electrons. The molecule has 0 spiro atoms. The largest absolute Gasteiger partial charge is 0.344 e. The van der Waals surface area contributed by atoms with Crippen LogP contribution in [0.2, 0.25) is 0 Å². The van der Waals surface area contributed by atoms with Crippen molar-refractivity contribution in [1.82, 2.24) is 34.3 Å². The Morgan fingerprint density at radius 1 is 0.450 bits per heavy atom. The molecule has 11 nitrogen and oxygen atoms in total. The Hall–Kier alpha value is -2.76. The molecule has 0 aliphatic carbocycles. The molecular weight excluding hydrogens is 510 g/mol. The third-order valence-electron chi connectivity index (χ3n) is 7.07. The molecule has 0 fully saturated rings. The van der Waals surface area contributed by atoms with Gasteiger partial charge in [-0.25, -0.2) is 0 Å². The van der Waals surface area contributed by atoms with E-state index in [2.05, 4.69) is 34.9 Å². The minimum Gasteiger partial charge on any atom is -0.344 e. The van der Waals surface area contributed by atoms with Crippen molar-refractivity contribution in [1.29, 1.82) is 0 Å². The first-order valence-electron chi connectivity index (χ1n) is 14.1. The Bertz CT molecular complexity index is 743. The monoisotopic (exact) mass is 565 g/mol. The van der Waals surface area contributed by atoms with Gasteiger partial charge in [0.15, 0.2) is 0 Å². The highest BCUT2D eigenvalue weighted by molar-refractivity contribution is 5.87. The van der Waals surface area contributed by atoms with Crippen molar-refractivity contribution in [2.24, 2.45) is 0 Å². The van der Waals surface area contributed by atoms with Crippen LogP contribution in [0, 0.1) is 0 Å². The van der Waals surface area contributed by atoms with E-state index in [0.29, 0.717) is 52.1 Å².